The van der Waals surface area contributed by atoms with Crippen molar-refractivity contribution in [3.05, 3.63) is 68.1 Å². The van der Waals surface area contributed by atoms with E-state index in [1.807, 2.05) is 42.5 Å². The largest absolute Gasteiger partial charge is 0.324 e. The van der Waals surface area contributed by atoms with Crippen LogP contribution in [0.1, 0.15) is 17.2 Å². The van der Waals surface area contributed by atoms with Gasteiger partial charge in [0.05, 0.1) is 5.02 Å². The molecule has 0 heterocycles. The van der Waals surface area contributed by atoms with Crippen LogP contribution in [-0.4, -0.2) is 0 Å². The monoisotopic (exact) mass is 343 g/mol. The molecule has 0 bridgehead atoms. The molecule has 0 radical (unpaired) electrons. The summed E-state index contributed by atoms with van der Waals surface area (Å²) >= 11 is 15.2. The topological polar surface area (TPSA) is 26.0 Å². The number of rotatable bonds is 3. The van der Waals surface area contributed by atoms with Crippen LogP contribution in [0.2, 0.25) is 10.0 Å². The van der Waals surface area contributed by atoms with Crippen LogP contribution in [0.4, 0.5) is 0 Å². The Morgan fingerprint density at radius 2 is 1.72 bits per heavy atom. The number of nitrogens with two attached hydrogens (primary N) is 1. The van der Waals surface area contributed by atoms with Crippen LogP contribution in [0.25, 0.3) is 0 Å². The average molecular weight is 345 g/mol. The van der Waals surface area contributed by atoms with Gasteiger partial charge in [-0.3, -0.25) is 0 Å². The molecule has 0 amide bonds. The molecule has 1 unspecified atom stereocenters. The lowest BCUT2D eigenvalue weighted by Crippen LogP contribution is -2.13. The lowest BCUT2D eigenvalue weighted by Gasteiger charge is -2.13. The highest BCUT2D eigenvalue weighted by atomic mass is 79.9. The summed E-state index contributed by atoms with van der Waals surface area (Å²) in [6, 6.07) is 13.4. The first-order valence-corrected chi connectivity index (χ1v) is 7.06. The van der Waals surface area contributed by atoms with Crippen molar-refractivity contribution in [2.24, 2.45) is 5.73 Å². The van der Waals surface area contributed by atoms with Crippen molar-refractivity contribution in [2.45, 2.75) is 12.5 Å². The summed E-state index contributed by atoms with van der Waals surface area (Å²) in [5, 5.41) is 1.43. The molecular weight excluding hydrogens is 333 g/mol. The second-order valence-electron chi connectivity index (χ2n) is 4.11. The van der Waals surface area contributed by atoms with Crippen molar-refractivity contribution < 1.29 is 0 Å². The van der Waals surface area contributed by atoms with E-state index in [4.69, 9.17) is 28.9 Å². The molecule has 0 aliphatic heterocycles. The first-order chi connectivity index (χ1) is 8.56. The van der Waals surface area contributed by atoms with Crippen LogP contribution in [0.3, 0.4) is 0 Å². The fourth-order valence-electron chi connectivity index (χ4n) is 1.74. The normalized spacial score (nSPS) is 12.4. The van der Waals surface area contributed by atoms with Gasteiger partial charge in [-0.05, 0) is 57.7 Å². The summed E-state index contributed by atoms with van der Waals surface area (Å²) in [4.78, 5) is 0. The van der Waals surface area contributed by atoms with Gasteiger partial charge in [-0.25, -0.2) is 0 Å². The zero-order valence-corrected chi connectivity index (χ0v) is 12.6. The maximum Gasteiger partial charge on any atom is 0.0548 e. The van der Waals surface area contributed by atoms with Crippen LogP contribution < -0.4 is 5.73 Å². The lowest BCUT2D eigenvalue weighted by atomic mass is 10.00. The first kappa shape index (κ1) is 13.9. The Bertz CT molecular complexity index is 540. The summed E-state index contributed by atoms with van der Waals surface area (Å²) in [6.07, 6.45) is 0.769. The Morgan fingerprint density at radius 3 is 2.33 bits per heavy atom. The minimum atomic E-state index is -0.0558. The van der Waals surface area contributed by atoms with Crippen molar-refractivity contribution in [1.82, 2.24) is 0 Å². The summed E-state index contributed by atoms with van der Waals surface area (Å²) in [6.45, 7) is 0. The van der Waals surface area contributed by atoms with E-state index in [-0.39, 0.29) is 6.04 Å². The molecule has 18 heavy (non-hydrogen) atoms. The second-order valence-corrected chi connectivity index (χ2v) is 5.81. The van der Waals surface area contributed by atoms with Gasteiger partial charge in [-0.2, -0.15) is 0 Å². The van der Waals surface area contributed by atoms with Gasteiger partial charge in [0.1, 0.15) is 0 Å². The van der Waals surface area contributed by atoms with Crippen molar-refractivity contribution >= 4 is 39.1 Å². The van der Waals surface area contributed by atoms with Crippen LogP contribution in [-0.2, 0) is 6.42 Å². The summed E-state index contributed by atoms with van der Waals surface area (Å²) in [5.74, 6) is 0. The van der Waals surface area contributed by atoms with E-state index >= 15 is 0 Å². The highest BCUT2D eigenvalue weighted by molar-refractivity contribution is 9.10. The zero-order chi connectivity index (χ0) is 13.1. The summed E-state index contributed by atoms with van der Waals surface area (Å²) in [5.41, 5.74) is 8.41. The van der Waals surface area contributed by atoms with E-state index in [1.165, 1.54) is 0 Å². The van der Waals surface area contributed by atoms with E-state index < -0.39 is 0 Å². The van der Waals surface area contributed by atoms with E-state index in [0.29, 0.717) is 5.02 Å². The van der Waals surface area contributed by atoms with Gasteiger partial charge in [0.15, 0.2) is 0 Å². The molecule has 4 heteroatoms. The van der Waals surface area contributed by atoms with Gasteiger partial charge in [-0.15, -0.1) is 0 Å². The van der Waals surface area contributed by atoms with Crippen molar-refractivity contribution in [1.29, 1.82) is 0 Å². The molecule has 2 aromatic rings. The van der Waals surface area contributed by atoms with Gasteiger partial charge in [0.2, 0.25) is 0 Å². The predicted octanol–water partition coefficient (Wildman–Crippen LogP) is 5.00. The van der Waals surface area contributed by atoms with Gasteiger partial charge in [0.25, 0.3) is 0 Å². The Labute approximate surface area is 125 Å². The molecule has 0 saturated heterocycles. The van der Waals surface area contributed by atoms with Gasteiger partial charge in [0, 0.05) is 15.5 Å². The molecule has 0 aliphatic carbocycles. The molecular formula is C14H12BrCl2N. The molecule has 2 N–H and O–H groups in total. The van der Waals surface area contributed by atoms with Gasteiger partial charge >= 0.3 is 0 Å². The van der Waals surface area contributed by atoms with Crippen LogP contribution >= 0.6 is 39.1 Å². The molecule has 2 rings (SSSR count). The van der Waals surface area contributed by atoms with E-state index in [0.717, 1.165) is 27.0 Å². The van der Waals surface area contributed by atoms with Crippen LogP contribution in [0.5, 0.6) is 0 Å². The van der Waals surface area contributed by atoms with Crippen molar-refractivity contribution in [3.8, 4) is 0 Å². The number of halogens is 3. The average Bonchev–Trinajstić information content (AvgIpc) is 2.35. The molecule has 0 aromatic heterocycles. The number of hydrogen-bond donors (Lipinski definition) is 1. The predicted molar refractivity (Wildman–Crippen MR) is 81.2 cm³/mol. The minimum absolute atomic E-state index is 0.0558. The third-order valence-electron chi connectivity index (χ3n) is 2.74. The Balaban J connectivity index is 2.13. The maximum absolute atomic E-state index is 6.19. The smallest absolute Gasteiger partial charge is 0.0548 e. The van der Waals surface area contributed by atoms with Crippen molar-refractivity contribution in [2.75, 3.05) is 0 Å². The van der Waals surface area contributed by atoms with Gasteiger partial charge in [-0.1, -0.05) is 41.4 Å². The standard InChI is InChI=1S/C14H12BrCl2N/c15-12-8-10(3-6-13(12)17)14(18)7-9-1-4-11(16)5-2-9/h1-6,8,14H,7,18H2. The highest BCUT2D eigenvalue weighted by Crippen LogP contribution is 2.26. The SMILES string of the molecule is NC(Cc1ccc(Cl)cc1)c1ccc(Cl)c(Br)c1. The molecule has 2 aromatic carbocycles. The van der Waals surface area contributed by atoms with Crippen LogP contribution in [0, 0.1) is 0 Å². The summed E-state index contributed by atoms with van der Waals surface area (Å²) < 4.78 is 0.869. The summed E-state index contributed by atoms with van der Waals surface area (Å²) in [7, 11) is 0. The van der Waals surface area contributed by atoms with E-state index in [9.17, 15) is 0 Å². The first-order valence-electron chi connectivity index (χ1n) is 5.51. The zero-order valence-electron chi connectivity index (χ0n) is 9.54. The Hall–Kier alpha value is -0.540. The highest BCUT2D eigenvalue weighted by Gasteiger charge is 2.09. The Morgan fingerprint density at radius 1 is 1.06 bits per heavy atom. The molecule has 0 saturated carbocycles. The number of hydrogen-bond acceptors (Lipinski definition) is 1. The van der Waals surface area contributed by atoms with Gasteiger partial charge < -0.3 is 5.73 Å². The minimum Gasteiger partial charge on any atom is -0.324 e. The van der Waals surface area contributed by atoms with Crippen LogP contribution in [0.15, 0.2) is 46.9 Å². The lowest BCUT2D eigenvalue weighted by molar-refractivity contribution is 0.721. The molecule has 0 aliphatic rings. The molecule has 0 fully saturated rings. The van der Waals surface area contributed by atoms with E-state index in [1.54, 1.807) is 0 Å². The fourth-order valence-corrected chi connectivity index (χ4v) is 2.38. The third-order valence-corrected chi connectivity index (χ3v) is 4.21. The maximum atomic E-state index is 6.19. The quantitative estimate of drug-likeness (QED) is 0.833. The van der Waals surface area contributed by atoms with Crippen molar-refractivity contribution in [3.63, 3.8) is 0 Å². The third kappa shape index (κ3) is 3.48. The molecule has 0 spiro atoms. The molecule has 1 nitrogen and oxygen atoms in total. The number of benzene rings is 2. The molecule has 94 valence electrons. The fraction of sp³-hybridized carbons (Fsp3) is 0.143. The molecule has 1 atom stereocenters. The Kier molecular flexibility index (Phi) is 4.68. The second kappa shape index (κ2) is 6.07. The van der Waals surface area contributed by atoms with E-state index in [2.05, 4.69) is 15.9 Å².